The monoisotopic (exact) mass is 366 g/mol. The number of benzene rings is 1. The van der Waals surface area contributed by atoms with E-state index in [-0.39, 0.29) is 34.5 Å². The molecule has 1 fully saturated rings. The molecule has 7 rings (SSSR count). The van der Waals surface area contributed by atoms with Crippen LogP contribution in [0.25, 0.3) is 5.57 Å². The molecule has 3 bridgehead atoms. The lowest BCUT2D eigenvalue weighted by Gasteiger charge is -2.46. The summed E-state index contributed by atoms with van der Waals surface area (Å²) in [6.45, 7) is 0.775. The third-order valence-electron chi connectivity index (χ3n) is 6.90. The van der Waals surface area contributed by atoms with Gasteiger partial charge in [-0.25, -0.2) is 4.58 Å². The van der Waals surface area contributed by atoms with Crippen molar-refractivity contribution in [1.29, 1.82) is 0 Å². The highest BCUT2D eigenvalue weighted by Crippen LogP contribution is 2.63. The number of methoxy groups -OCH3 is 1. The number of ether oxygens (including phenoxy) is 1. The Labute approximate surface area is 153 Å². The lowest BCUT2D eigenvalue weighted by Crippen LogP contribution is -2.70. The number of anilines is 1. The third-order valence-corrected chi connectivity index (χ3v) is 8.20. The van der Waals surface area contributed by atoms with Crippen LogP contribution in [0.3, 0.4) is 0 Å². The second kappa shape index (κ2) is 4.07. The lowest BCUT2D eigenvalue weighted by molar-refractivity contribution is -0.124. The van der Waals surface area contributed by atoms with Gasteiger partial charge in [0, 0.05) is 24.7 Å². The van der Waals surface area contributed by atoms with Gasteiger partial charge < -0.3 is 15.2 Å². The lowest BCUT2D eigenvalue weighted by atomic mass is 9.62. The van der Waals surface area contributed by atoms with Crippen LogP contribution < -0.4 is 20.5 Å². The summed E-state index contributed by atoms with van der Waals surface area (Å²) in [6.07, 6.45) is 5.21. The van der Waals surface area contributed by atoms with Crippen LogP contribution in [0.15, 0.2) is 16.0 Å². The summed E-state index contributed by atoms with van der Waals surface area (Å²) in [5.41, 5.74) is 3.37. The first-order chi connectivity index (χ1) is 12.6. The predicted molar refractivity (Wildman–Crippen MR) is 98.6 cm³/mol. The number of nitrogens with zero attached hydrogens (tertiary/aromatic N) is 2. The number of ketones is 1. The number of thioether (sulfide) groups is 1. The number of carbonyl (C=O) groups excluding carboxylic acids is 1. The maximum Gasteiger partial charge on any atom is 0.242 e. The molecule has 6 nitrogen and oxygen atoms in total. The van der Waals surface area contributed by atoms with Crippen LogP contribution in [0.2, 0.25) is 0 Å². The van der Waals surface area contributed by atoms with Gasteiger partial charge in [0.15, 0.2) is 5.75 Å². The standard InChI is InChI=1S/C19H15N3O3S/c1-25-18-15-8(23)4-9-19(18)5-10(26-9)21-14-12(19)16-11-7(2-3-22(15)16)6-20-13(11)17(14)24/h4,6,10,15,18H,2-3,5H2,1H3,(H,20,21,24)/p+1/t10-,15+,18?,19+/m0/s1. The molecule has 1 saturated heterocycles. The molecule has 5 heterocycles. The van der Waals surface area contributed by atoms with Crippen molar-refractivity contribution in [3.8, 4) is 5.75 Å². The van der Waals surface area contributed by atoms with E-state index in [1.807, 2.05) is 12.3 Å². The third kappa shape index (κ3) is 1.21. The number of phenolic OH excluding ortho intramolecular Hbond substituents is 1. The number of aromatic hydroxyl groups is 1. The smallest absolute Gasteiger partial charge is 0.242 e. The minimum Gasteiger partial charge on any atom is -0.504 e. The molecule has 0 amide bonds. The van der Waals surface area contributed by atoms with E-state index in [1.54, 1.807) is 18.9 Å². The minimum absolute atomic E-state index is 0.133. The van der Waals surface area contributed by atoms with Crippen molar-refractivity contribution in [2.24, 2.45) is 4.99 Å². The molecule has 0 aromatic heterocycles. The largest absolute Gasteiger partial charge is 0.504 e. The summed E-state index contributed by atoms with van der Waals surface area (Å²) in [4.78, 5) is 18.7. The molecule has 26 heavy (non-hydrogen) atoms. The quantitative estimate of drug-likeness (QED) is 0.547. The molecule has 4 atom stereocenters. The van der Waals surface area contributed by atoms with E-state index in [2.05, 4.69) is 14.9 Å². The molecular weight excluding hydrogens is 350 g/mol. The number of nitrogens with one attached hydrogen (secondary N) is 1. The normalized spacial score (nSPS) is 36.4. The molecular formula is C19H16N3O3S+. The van der Waals surface area contributed by atoms with Crippen LogP contribution in [0.5, 0.6) is 5.75 Å². The predicted octanol–water partition coefficient (Wildman–Crippen LogP) is 0.144. The summed E-state index contributed by atoms with van der Waals surface area (Å²) in [5.74, 6) is 0.372. The zero-order valence-corrected chi connectivity index (χ0v) is 14.9. The van der Waals surface area contributed by atoms with Gasteiger partial charge in [0.25, 0.3) is 0 Å². The van der Waals surface area contributed by atoms with Crippen LogP contribution >= 0.6 is 11.8 Å². The highest BCUT2D eigenvalue weighted by molar-refractivity contribution is 8.04. The van der Waals surface area contributed by atoms with Crippen molar-refractivity contribution in [3.63, 3.8) is 0 Å². The average Bonchev–Trinajstić information content (AvgIpc) is 3.18. The number of fused-ring (bicyclic) bond motifs is 3. The fourth-order valence-electron chi connectivity index (χ4n) is 6.03. The molecule has 1 aromatic carbocycles. The van der Waals surface area contributed by atoms with Crippen LogP contribution in [-0.4, -0.2) is 48.3 Å². The van der Waals surface area contributed by atoms with Gasteiger partial charge in [-0.15, -0.1) is 11.8 Å². The maximum absolute atomic E-state index is 13.1. The SMILES string of the molecule is COC1[C@H]2C(=O)C=C3S[C@H]4C[C@]31c1c(c(O)c3c5c1=[N+]2CCC=5C=N3)N4. The highest BCUT2D eigenvalue weighted by Gasteiger charge is 2.67. The van der Waals surface area contributed by atoms with E-state index >= 15 is 0 Å². The second-order valence-corrected chi connectivity index (χ2v) is 9.08. The Bertz CT molecular complexity index is 1170. The minimum atomic E-state index is -0.341. The Balaban J connectivity index is 1.80. The molecule has 1 aliphatic carbocycles. The topological polar surface area (TPSA) is 73.9 Å². The molecule has 0 radical (unpaired) electrons. The molecule has 1 aromatic rings. The van der Waals surface area contributed by atoms with Gasteiger partial charge >= 0.3 is 0 Å². The van der Waals surface area contributed by atoms with E-state index in [9.17, 15) is 9.90 Å². The van der Waals surface area contributed by atoms with Gasteiger partial charge in [-0.3, -0.25) is 9.79 Å². The average molecular weight is 366 g/mol. The highest BCUT2D eigenvalue weighted by atomic mass is 32.2. The molecule has 0 saturated carbocycles. The molecule has 2 N–H and O–H groups in total. The summed E-state index contributed by atoms with van der Waals surface area (Å²) in [6, 6.07) is -0.294. The van der Waals surface area contributed by atoms with E-state index in [0.717, 1.165) is 46.1 Å². The van der Waals surface area contributed by atoms with Crippen LogP contribution in [0.4, 0.5) is 11.4 Å². The van der Waals surface area contributed by atoms with Crippen molar-refractivity contribution >= 4 is 40.7 Å². The number of rotatable bonds is 1. The Morgan fingerprint density at radius 1 is 1.50 bits per heavy atom. The first kappa shape index (κ1) is 14.0. The fourth-order valence-corrected chi connectivity index (χ4v) is 7.56. The Morgan fingerprint density at radius 3 is 3.23 bits per heavy atom. The number of carbonyl (C=O) groups is 1. The van der Waals surface area contributed by atoms with E-state index < -0.39 is 0 Å². The number of phenols is 1. The Kier molecular flexibility index (Phi) is 2.19. The van der Waals surface area contributed by atoms with Crippen LogP contribution in [-0.2, 0) is 14.9 Å². The second-order valence-electron chi connectivity index (χ2n) is 7.84. The van der Waals surface area contributed by atoms with Gasteiger partial charge in [-0.05, 0) is 18.1 Å². The number of aliphatic imine (C=N–C) groups is 1. The summed E-state index contributed by atoms with van der Waals surface area (Å²) >= 11 is 1.71. The first-order valence-electron chi connectivity index (χ1n) is 8.97. The number of hydrogen-bond donors (Lipinski definition) is 2. The van der Waals surface area contributed by atoms with E-state index in [1.165, 1.54) is 5.57 Å². The zero-order chi connectivity index (χ0) is 17.4. The first-order valence-corrected chi connectivity index (χ1v) is 9.85. The van der Waals surface area contributed by atoms with Crippen LogP contribution in [0.1, 0.15) is 18.4 Å². The molecule has 5 aliphatic heterocycles. The maximum atomic E-state index is 13.1. The Morgan fingerprint density at radius 2 is 2.38 bits per heavy atom. The van der Waals surface area contributed by atoms with Crippen molar-refractivity contribution in [1.82, 2.24) is 4.58 Å². The molecule has 6 aliphatic rings. The van der Waals surface area contributed by atoms with Crippen molar-refractivity contribution in [2.75, 3.05) is 19.0 Å². The van der Waals surface area contributed by atoms with Gasteiger partial charge in [0.2, 0.25) is 17.2 Å². The number of hydrogen-bond acceptors (Lipinski definition) is 6. The Hall–Kier alpha value is -2.12. The fraction of sp³-hybridized carbons (Fsp3) is 0.421. The van der Waals surface area contributed by atoms with Crippen molar-refractivity contribution in [3.05, 3.63) is 27.1 Å². The zero-order valence-electron chi connectivity index (χ0n) is 14.1. The molecule has 7 heteroatoms. The van der Waals surface area contributed by atoms with Gasteiger partial charge in [-0.1, -0.05) is 0 Å². The van der Waals surface area contributed by atoms with E-state index in [4.69, 9.17) is 4.74 Å². The molecule has 1 unspecified atom stereocenters. The molecule has 130 valence electrons. The van der Waals surface area contributed by atoms with Gasteiger partial charge in [-0.2, -0.15) is 0 Å². The van der Waals surface area contributed by atoms with E-state index in [0.29, 0.717) is 5.69 Å². The van der Waals surface area contributed by atoms with Crippen LogP contribution in [0, 0.1) is 0 Å². The van der Waals surface area contributed by atoms with Crippen molar-refractivity contribution in [2.45, 2.75) is 35.8 Å². The van der Waals surface area contributed by atoms with Gasteiger partial charge in [0.05, 0.1) is 27.3 Å². The molecule has 1 spiro atoms. The summed E-state index contributed by atoms with van der Waals surface area (Å²) in [7, 11) is 1.71. The van der Waals surface area contributed by atoms with Crippen molar-refractivity contribution < 1.29 is 14.6 Å². The summed E-state index contributed by atoms with van der Waals surface area (Å²) < 4.78 is 8.23. The van der Waals surface area contributed by atoms with Gasteiger partial charge in [0.1, 0.15) is 18.3 Å². The summed E-state index contributed by atoms with van der Waals surface area (Å²) in [5, 5.41) is 16.8.